The van der Waals surface area contributed by atoms with Crippen LogP contribution < -0.4 is 5.73 Å². The fourth-order valence-corrected chi connectivity index (χ4v) is 6.29. The number of nitrogens with two attached hydrogens (primary N) is 1. The van der Waals surface area contributed by atoms with Gasteiger partial charge in [-0.25, -0.2) is 4.39 Å². The van der Waals surface area contributed by atoms with Gasteiger partial charge in [-0.3, -0.25) is 0 Å². The molecule has 1 heterocycles. The van der Waals surface area contributed by atoms with Gasteiger partial charge in [-0.2, -0.15) is 0 Å². The fraction of sp³-hybridized carbons (Fsp3) is 0.514. The zero-order valence-electron chi connectivity index (χ0n) is 25.5. The summed E-state index contributed by atoms with van der Waals surface area (Å²) in [5.41, 5.74) is 16.5. The topological polar surface area (TPSA) is 29.3 Å². The summed E-state index contributed by atoms with van der Waals surface area (Å²) in [7, 11) is 0. The Balaban J connectivity index is 0.00000205. The van der Waals surface area contributed by atoms with Crippen LogP contribution in [0.2, 0.25) is 0 Å². The number of halogens is 1. The van der Waals surface area contributed by atoms with Crippen LogP contribution in [-0.4, -0.2) is 23.0 Å². The number of hydrogen-bond acceptors (Lipinski definition) is 2. The van der Waals surface area contributed by atoms with Crippen molar-refractivity contribution in [2.45, 2.75) is 105 Å². The molecule has 4 rings (SSSR count). The quantitative estimate of drug-likeness (QED) is 0.377. The number of allylic oxidation sites excluding steroid dienone is 4. The molecule has 4 heteroatoms. The zero-order valence-corrected chi connectivity index (χ0v) is 26.3. The van der Waals surface area contributed by atoms with Crippen molar-refractivity contribution in [2.75, 3.05) is 13.1 Å². The number of benzene rings is 2. The number of rotatable bonds is 5. The second-order valence-electron chi connectivity index (χ2n) is 11.6. The van der Waals surface area contributed by atoms with Crippen molar-refractivity contribution in [3.63, 3.8) is 0 Å². The second kappa shape index (κ2) is 12.9. The largest absolute Gasteiger partial charge is 0.362 e. The van der Waals surface area contributed by atoms with E-state index in [-0.39, 0.29) is 0 Å². The first-order valence-corrected chi connectivity index (χ1v) is 15.2. The van der Waals surface area contributed by atoms with Gasteiger partial charge in [0.1, 0.15) is 10.7 Å². The number of hydrogen-bond donors (Lipinski definition) is 1. The van der Waals surface area contributed by atoms with Crippen molar-refractivity contribution in [2.24, 2.45) is 5.73 Å². The molecule has 0 spiro atoms. The van der Waals surface area contributed by atoms with Crippen molar-refractivity contribution >= 4 is 22.8 Å². The van der Waals surface area contributed by atoms with Gasteiger partial charge in [-0.15, -0.1) is 0 Å². The number of nitrogens with zero attached hydrogens (tertiary/aromatic N) is 1. The molecule has 212 valence electrons. The van der Waals surface area contributed by atoms with Gasteiger partial charge in [-0.05, 0) is 118 Å². The highest BCUT2D eigenvalue weighted by molar-refractivity contribution is 7.80. The maximum atomic E-state index is 14.6. The van der Waals surface area contributed by atoms with Crippen molar-refractivity contribution in [1.29, 1.82) is 0 Å². The number of likely N-dealkylation sites (tertiary alicyclic amines) is 1. The molecular formula is C35H49FN2S. The fourth-order valence-electron chi connectivity index (χ4n) is 5.98. The summed E-state index contributed by atoms with van der Waals surface area (Å²) < 4.78 is 14.6. The molecule has 0 atom stereocenters. The Morgan fingerprint density at radius 3 is 2.28 bits per heavy atom. The van der Waals surface area contributed by atoms with E-state index in [1.807, 2.05) is 38.1 Å². The molecule has 2 aromatic carbocycles. The van der Waals surface area contributed by atoms with Gasteiger partial charge in [0.25, 0.3) is 0 Å². The molecule has 1 fully saturated rings. The number of piperidine rings is 1. The van der Waals surface area contributed by atoms with E-state index in [2.05, 4.69) is 50.8 Å². The number of alkyl halides is 1. The monoisotopic (exact) mass is 548 g/mol. The summed E-state index contributed by atoms with van der Waals surface area (Å²) in [6.07, 6.45) is 6.21. The van der Waals surface area contributed by atoms with Gasteiger partial charge < -0.3 is 10.6 Å². The van der Waals surface area contributed by atoms with E-state index in [4.69, 9.17) is 18.0 Å². The Labute approximate surface area is 242 Å². The van der Waals surface area contributed by atoms with E-state index in [0.717, 1.165) is 54.9 Å². The lowest BCUT2D eigenvalue weighted by Gasteiger charge is -2.41. The minimum atomic E-state index is -1.38. The van der Waals surface area contributed by atoms with E-state index in [9.17, 15) is 4.39 Å². The highest BCUT2D eigenvalue weighted by atomic mass is 32.1. The van der Waals surface area contributed by atoms with Gasteiger partial charge in [0.05, 0.1) is 0 Å². The van der Waals surface area contributed by atoms with Gasteiger partial charge in [0.15, 0.2) is 0 Å². The van der Waals surface area contributed by atoms with Crippen molar-refractivity contribution in [3.8, 4) is 0 Å². The van der Waals surface area contributed by atoms with E-state index in [0.29, 0.717) is 5.56 Å². The molecule has 0 radical (unpaired) electrons. The summed E-state index contributed by atoms with van der Waals surface area (Å²) in [5.74, 6) is 0. The minimum Gasteiger partial charge on any atom is -0.362 e. The highest BCUT2D eigenvalue weighted by Crippen LogP contribution is 2.38. The molecule has 0 aromatic heterocycles. The molecule has 0 amide bonds. The second-order valence-corrected chi connectivity index (χ2v) is 12.0. The van der Waals surface area contributed by atoms with Crippen molar-refractivity contribution < 1.29 is 4.39 Å². The van der Waals surface area contributed by atoms with Crippen LogP contribution in [0.15, 0.2) is 59.2 Å². The van der Waals surface area contributed by atoms with Gasteiger partial charge >= 0.3 is 0 Å². The highest BCUT2D eigenvalue weighted by Gasteiger charge is 2.34. The van der Waals surface area contributed by atoms with E-state index >= 15 is 0 Å². The standard InChI is InChI=1S/C33H43FN2S.C2H6/c1-7-25-10-8-13-29(24(4)23(25)3)30-20-26(15-14-22(30)2)31(37)36-18-16-33(35,17-19-36)28-12-9-11-27(21-28)32(5,6)34;1-2/h9,11-12,14-15,20-21H,7-8,10,13,16-19,35H2,1-6H3;1-2H3. The predicted octanol–water partition coefficient (Wildman–Crippen LogP) is 9.54. The van der Waals surface area contributed by atoms with Crippen molar-refractivity contribution in [1.82, 2.24) is 4.90 Å². The molecule has 0 bridgehead atoms. The SMILES string of the molecule is CC.CCC1=C(C)C(C)=C(c2cc(C(=S)N3CCC(N)(c4cccc(C(C)(C)F)c4)CC3)ccc2C)CCC1. The molecule has 2 aliphatic rings. The van der Waals surface area contributed by atoms with Crippen molar-refractivity contribution in [3.05, 3.63) is 87.0 Å². The molecule has 0 unspecified atom stereocenters. The Hall–Kier alpha value is -2.30. The summed E-state index contributed by atoms with van der Waals surface area (Å²) >= 11 is 6.03. The van der Waals surface area contributed by atoms with E-state index in [1.54, 1.807) is 19.4 Å². The number of aryl methyl sites for hydroxylation is 1. The number of thiocarbonyl (C=S) groups is 1. The Morgan fingerprint density at radius 2 is 1.67 bits per heavy atom. The van der Waals surface area contributed by atoms with Crippen LogP contribution in [0.5, 0.6) is 0 Å². The van der Waals surface area contributed by atoms with Crippen LogP contribution in [0, 0.1) is 6.92 Å². The maximum Gasteiger partial charge on any atom is 0.130 e. The minimum absolute atomic E-state index is 0.463. The van der Waals surface area contributed by atoms with Crippen LogP contribution in [0.3, 0.4) is 0 Å². The third-order valence-electron chi connectivity index (χ3n) is 8.75. The normalized spacial score (nSPS) is 17.9. The van der Waals surface area contributed by atoms with E-state index < -0.39 is 11.2 Å². The van der Waals surface area contributed by atoms with Crippen LogP contribution >= 0.6 is 12.2 Å². The summed E-state index contributed by atoms with van der Waals surface area (Å²) in [4.78, 5) is 3.20. The molecule has 39 heavy (non-hydrogen) atoms. The lowest BCUT2D eigenvalue weighted by atomic mass is 9.80. The van der Waals surface area contributed by atoms with Gasteiger partial charge in [-0.1, -0.05) is 75.0 Å². The third-order valence-corrected chi connectivity index (χ3v) is 9.25. The first-order chi connectivity index (χ1) is 18.4. The Kier molecular flexibility index (Phi) is 10.3. The Morgan fingerprint density at radius 1 is 1.00 bits per heavy atom. The van der Waals surface area contributed by atoms with Gasteiger partial charge in [0, 0.05) is 24.2 Å². The molecular weight excluding hydrogens is 499 g/mol. The molecule has 2 aromatic rings. The lowest BCUT2D eigenvalue weighted by molar-refractivity contribution is 0.217. The zero-order chi connectivity index (χ0) is 29.0. The lowest BCUT2D eigenvalue weighted by Crippen LogP contribution is -2.49. The summed E-state index contributed by atoms with van der Waals surface area (Å²) in [5, 5.41) is 0. The smallest absolute Gasteiger partial charge is 0.130 e. The van der Waals surface area contributed by atoms with Crippen LogP contribution in [0.1, 0.15) is 115 Å². The molecule has 1 aliphatic carbocycles. The first-order valence-electron chi connectivity index (χ1n) is 14.8. The van der Waals surface area contributed by atoms with E-state index in [1.165, 1.54) is 40.7 Å². The van der Waals surface area contributed by atoms with Crippen LogP contribution in [0.25, 0.3) is 5.57 Å². The predicted molar refractivity (Wildman–Crippen MR) is 171 cm³/mol. The average molecular weight is 549 g/mol. The molecule has 0 saturated carbocycles. The van der Waals surface area contributed by atoms with Crippen LogP contribution in [0.4, 0.5) is 4.39 Å². The van der Waals surface area contributed by atoms with Crippen LogP contribution in [-0.2, 0) is 11.2 Å². The van der Waals surface area contributed by atoms with Gasteiger partial charge in [0.2, 0.25) is 0 Å². The molecule has 2 nitrogen and oxygen atoms in total. The Bertz CT molecular complexity index is 1240. The molecule has 1 aliphatic heterocycles. The first kappa shape index (κ1) is 31.2. The average Bonchev–Trinajstić information content (AvgIpc) is 3.07. The molecule has 2 N–H and O–H groups in total. The summed E-state index contributed by atoms with van der Waals surface area (Å²) in [6, 6.07) is 14.5. The third kappa shape index (κ3) is 6.89. The summed E-state index contributed by atoms with van der Waals surface area (Å²) in [6.45, 7) is 17.9. The maximum absolute atomic E-state index is 14.6. The molecule has 1 saturated heterocycles.